The molecule has 1 aliphatic heterocycles. The van der Waals surface area contributed by atoms with Crippen molar-refractivity contribution in [2.24, 2.45) is 0 Å². The fourth-order valence-corrected chi connectivity index (χ4v) is 4.63. The molecule has 1 aliphatic rings. The monoisotopic (exact) mass is 392 g/mol. The first-order valence-corrected chi connectivity index (χ1v) is 10.5. The van der Waals surface area contributed by atoms with Gasteiger partial charge < -0.3 is 4.90 Å². The Hall–Kier alpha value is -3.12. The molecule has 0 fully saturated rings. The van der Waals surface area contributed by atoms with Crippen molar-refractivity contribution in [3.63, 3.8) is 0 Å². The number of benzene rings is 3. The van der Waals surface area contributed by atoms with Crippen LogP contribution in [0.1, 0.15) is 22.8 Å². The lowest BCUT2D eigenvalue weighted by molar-refractivity contribution is 0.0981. The quantitative estimate of drug-likeness (QED) is 0.728. The topological polar surface area (TPSA) is 66.5 Å². The lowest BCUT2D eigenvalue weighted by atomic mass is 10.1. The van der Waals surface area contributed by atoms with Gasteiger partial charge in [-0.25, -0.2) is 8.42 Å². The summed E-state index contributed by atoms with van der Waals surface area (Å²) in [6, 6.07) is 22.7. The maximum atomic E-state index is 13.2. The molecule has 1 atom stereocenters. The average Bonchev–Trinajstić information content (AvgIpc) is 3.03. The molecule has 0 radical (unpaired) electrons. The third kappa shape index (κ3) is 3.39. The summed E-state index contributed by atoms with van der Waals surface area (Å²) >= 11 is 0. The minimum Gasteiger partial charge on any atom is -0.305 e. The van der Waals surface area contributed by atoms with Crippen molar-refractivity contribution in [1.82, 2.24) is 0 Å². The number of para-hydroxylation sites is 2. The fraction of sp³-hybridized carbons (Fsp3) is 0.136. The molecule has 0 saturated heterocycles. The number of nitrogens with one attached hydrogen (secondary N) is 1. The molecule has 3 aromatic carbocycles. The van der Waals surface area contributed by atoms with Crippen molar-refractivity contribution >= 4 is 27.3 Å². The Labute approximate surface area is 164 Å². The van der Waals surface area contributed by atoms with Crippen LogP contribution in [-0.2, 0) is 16.4 Å². The van der Waals surface area contributed by atoms with Crippen LogP contribution in [0.5, 0.6) is 0 Å². The molecular weight excluding hydrogens is 372 g/mol. The summed E-state index contributed by atoms with van der Waals surface area (Å²) < 4.78 is 28.0. The summed E-state index contributed by atoms with van der Waals surface area (Å²) in [5.74, 6) is -0.200. The first kappa shape index (κ1) is 18.3. The van der Waals surface area contributed by atoms with Gasteiger partial charge in [0.25, 0.3) is 15.9 Å². The number of carbonyl (C=O) groups is 1. The van der Waals surface area contributed by atoms with Gasteiger partial charge in [-0.3, -0.25) is 9.52 Å². The summed E-state index contributed by atoms with van der Waals surface area (Å²) in [6.45, 7) is 2.00. The fourth-order valence-electron chi connectivity index (χ4n) is 3.53. The predicted octanol–water partition coefficient (Wildman–Crippen LogP) is 4.08. The first-order chi connectivity index (χ1) is 13.5. The zero-order chi connectivity index (χ0) is 19.7. The van der Waals surface area contributed by atoms with E-state index in [9.17, 15) is 13.2 Å². The van der Waals surface area contributed by atoms with Gasteiger partial charge in [-0.05, 0) is 55.3 Å². The van der Waals surface area contributed by atoms with Crippen LogP contribution in [0.4, 0.5) is 11.4 Å². The number of hydrogen-bond acceptors (Lipinski definition) is 3. The maximum absolute atomic E-state index is 13.2. The van der Waals surface area contributed by atoms with Gasteiger partial charge >= 0.3 is 0 Å². The highest BCUT2D eigenvalue weighted by Gasteiger charge is 2.31. The van der Waals surface area contributed by atoms with Crippen LogP contribution >= 0.6 is 0 Å². The largest absolute Gasteiger partial charge is 0.305 e. The Morgan fingerprint density at radius 1 is 0.964 bits per heavy atom. The van der Waals surface area contributed by atoms with Gasteiger partial charge in [0.15, 0.2) is 0 Å². The Bertz CT molecular complexity index is 1130. The molecule has 0 aliphatic carbocycles. The zero-order valence-corrected chi connectivity index (χ0v) is 16.2. The van der Waals surface area contributed by atoms with E-state index in [2.05, 4.69) is 4.72 Å². The number of fused-ring (bicyclic) bond motifs is 1. The second-order valence-electron chi connectivity index (χ2n) is 6.86. The molecular formula is C22H20N2O3S. The normalized spacial score (nSPS) is 15.9. The molecule has 28 heavy (non-hydrogen) atoms. The Balaban J connectivity index is 1.65. The molecule has 0 saturated carbocycles. The van der Waals surface area contributed by atoms with Gasteiger partial charge in [-0.1, -0.05) is 42.5 Å². The van der Waals surface area contributed by atoms with E-state index in [4.69, 9.17) is 0 Å². The molecule has 6 heteroatoms. The molecule has 0 bridgehead atoms. The Morgan fingerprint density at radius 2 is 1.68 bits per heavy atom. The van der Waals surface area contributed by atoms with Gasteiger partial charge in [0.1, 0.15) is 0 Å². The zero-order valence-electron chi connectivity index (χ0n) is 15.4. The summed E-state index contributed by atoms with van der Waals surface area (Å²) in [5, 5.41) is 0. The Morgan fingerprint density at radius 3 is 2.46 bits per heavy atom. The number of anilines is 2. The minimum atomic E-state index is -3.79. The van der Waals surface area contributed by atoms with E-state index in [1.807, 2.05) is 37.3 Å². The predicted molar refractivity (Wildman–Crippen MR) is 110 cm³/mol. The average molecular weight is 392 g/mol. The van der Waals surface area contributed by atoms with Crippen LogP contribution in [0.15, 0.2) is 83.8 Å². The van der Waals surface area contributed by atoms with Gasteiger partial charge in [0.2, 0.25) is 0 Å². The van der Waals surface area contributed by atoms with Crippen molar-refractivity contribution < 1.29 is 13.2 Å². The lowest BCUT2D eigenvalue weighted by Gasteiger charge is -2.23. The summed E-state index contributed by atoms with van der Waals surface area (Å²) in [4.78, 5) is 15.0. The molecule has 0 aromatic heterocycles. The van der Waals surface area contributed by atoms with Crippen LogP contribution in [-0.4, -0.2) is 20.4 Å². The number of amides is 1. The molecule has 1 unspecified atom stereocenters. The minimum absolute atomic E-state index is 0.0209. The van der Waals surface area contributed by atoms with Crippen LogP contribution in [0.25, 0.3) is 0 Å². The molecule has 3 aromatic rings. The third-order valence-corrected chi connectivity index (χ3v) is 6.22. The lowest BCUT2D eigenvalue weighted by Crippen LogP contribution is -2.35. The molecule has 4 rings (SSSR count). The van der Waals surface area contributed by atoms with Gasteiger partial charge in [-0.15, -0.1) is 0 Å². The van der Waals surface area contributed by atoms with Crippen molar-refractivity contribution in [3.05, 3.63) is 90.0 Å². The smallest absolute Gasteiger partial charge is 0.261 e. The van der Waals surface area contributed by atoms with Crippen LogP contribution in [0.3, 0.4) is 0 Å². The summed E-state index contributed by atoms with van der Waals surface area (Å²) in [6.07, 6.45) is 0.787. The standard InChI is InChI=1S/C22H20N2O3S/c1-16-14-17-8-5-6-13-21(17)24(16)22(25)18-9-7-12-20(15-18)28(26,27)23-19-10-3-2-4-11-19/h2-13,15-16,23H,14H2,1H3. The molecule has 5 nitrogen and oxygen atoms in total. The first-order valence-electron chi connectivity index (χ1n) is 9.05. The number of rotatable bonds is 4. The van der Waals surface area contributed by atoms with Gasteiger partial charge in [-0.2, -0.15) is 0 Å². The van der Waals surface area contributed by atoms with Gasteiger partial charge in [0.05, 0.1) is 4.90 Å². The van der Waals surface area contributed by atoms with E-state index in [0.29, 0.717) is 11.3 Å². The summed E-state index contributed by atoms with van der Waals surface area (Å²) in [7, 11) is -3.79. The van der Waals surface area contributed by atoms with E-state index in [1.165, 1.54) is 12.1 Å². The van der Waals surface area contributed by atoms with Crippen LogP contribution < -0.4 is 9.62 Å². The molecule has 1 amide bonds. The SMILES string of the molecule is CC1Cc2ccccc2N1C(=O)c1cccc(S(=O)(=O)Nc2ccccc2)c1. The van der Waals surface area contributed by atoms with Crippen molar-refractivity contribution in [3.8, 4) is 0 Å². The van der Waals surface area contributed by atoms with E-state index < -0.39 is 10.0 Å². The second kappa shape index (κ2) is 7.13. The highest BCUT2D eigenvalue weighted by molar-refractivity contribution is 7.92. The Kier molecular flexibility index (Phi) is 4.65. The van der Waals surface area contributed by atoms with Crippen molar-refractivity contribution in [1.29, 1.82) is 0 Å². The van der Waals surface area contributed by atoms with Crippen LogP contribution in [0.2, 0.25) is 0 Å². The molecule has 1 heterocycles. The highest BCUT2D eigenvalue weighted by Crippen LogP contribution is 2.33. The third-order valence-electron chi connectivity index (χ3n) is 4.84. The highest BCUT2D eigenvalue weighted by atomic mass is 32.2. The number of nitrogens with zero attached hydrogens (tertiary/aromatic N) is 1. The molecule has 0 spiro atoms. The molecule has 1 N–H and O–H groups in total. The van der Waals surface area contributed by atoms with E-state index >= 15 is 0 Å². The van der Waals surface area contributed by atoms with Crippen LogP contribution in [0, 0.1) is 0 Å². The van der Waals surface area contributed by atoms with E-state index in [0.717, 1.165) is 17.7 Å². The van der Waals surface area contributed by atoms with Gasteiger partial charge in [0, 0.05) is 23.0 Å². The second-order valence-corrected chi connectivity index (χ2v) is 8.54. The van der Waals surface area contributed by atoms with Crippen molar-refractivity contribution in [2.75, 3.05) is 9.62 Å². The molecule has 142 valence electrons. The van der Waals surface area contributed by atoms with Crippen molar-refractivity contribution in [2.45, 2.75) is 24.3 Å². The van der Waals surface area contributed by atoms with E-state index in [1.54, 1.807) is 41.3 Å². The number of hydrogen-bond donors (Lipinski definition) is 1. The maximum Gasteiger partial charge on any atom is 0.261 e. The van der Waals surface area contributed by atoms with E-state index in [-0.39, 0.29) is 16.8 Å². The summed E-state index contributed by atoms with van der Waals surface area (Å²) in [5.41, 5.74) is 2.83. The number of sulfonamides is 1. The number of carbonyl (C=O) groups excluding carboxylic acids is 1.